The van der Waals surface area contributed by atoms with Gasteiger partial charge in [-0.2, -0.15) is 4.31 Å². The zero-order chi connectivity index (χ0) is 23.3. The first kappa shape index (κ1) is 25.1. The molecule has 1 amide bonds. The fraction of sp³-hybridized carbons (Fsp3) is 0.300. The molecule has 0 aliphatic carbocycles. The smallest absolute Gasteiger partial charge is 0.340 e. The maximum Gasteiger partial charge on any atom is 0.340 e. The van der Waals surface area contributed by atoms with Crippen LogP contribution in [0.25, 0.3) is 0 Å². The lowest BCUT2D eigenvalue weighted by molar-refractivity contribution is -0.123. The van der Waals surface area contributed by atoms with E-state index in [1.165, 1.54) is 29.4 Å². The van der Waals surface area contributed by atoms with E-state index in [2.05, 4.69) is 5.32 Å². The molecule has 0 aliphatic rings. The number of hydrogen-bond donors (Lipinski definition) is 1. The average Bonchev–Trinajstić information content (AvgIpc) is 2.70. The molecule has 2 aromatic rings. The average molecular weight is 491 g/mol. The topological polar surface area (TPSA) is 92.8 Å². The second-order valence-electron chi connectivity index (χ2n) is 6.39. The summed E-state index contributed by atoms with van der Waals surface area (Å²) in [6, 6.07) is 7.08. The normalized spacial score (nSPS) is 12.5. The third-order valence-corrected chi connectivity index (χ3v) is 7.03. The number of amides is 1. The lowest BCUT2D eigenvalue weighted by Crippen LogP contribution is -2.31. The van der Waals surface area contributed by atoms with Gasteiger partial charge in [-0.05, 0) is 43.3 Å². The third-order valence-electron chi connectivity index (χ3n) is 4.34. The van der Waals surface area contributed by atoms with Gasteiger partial charge in [0, 0.05) is 13.1 Å². The molecule has 0 spiro atoms. The van der Waals surface area contributed by atoms with Crippen LogP contribution in [0.15, 0.2) is 41.3 Å². The van der Waals surface area contributed by atoms with Crippen molar-refractivity contribution in [1.82, 2.24) is 4.31 Å². The summed E-state index contributed by atoms with van der Waals surface area (Å²) in [6.45, 7) is 5.21. The lowest BCUT2D eigenvalue weighted by atomic mass is 10.2. The number of nitrogens with zero attached hydrogens (tertiary/aromatic N) is 1. The van der Waals surface area contributed by atoms with Crippen molar-refractivity contribution >= 4 is 50.8 Å². The van der Waals surface area contributed by atoms with Crippen molar-refractivity contribution in [3.05, 3.63) is 57.8 Å². The van der Waals surface area contributed by atoms with Crippen LogP contribution in [-0.2, 0) is 19.6 Å². The highest BCUT2D eigenvalue weighted by molar-refractivity contribution is 7.89. The summed E-state index contributed by atoms with van der Waals surface area (Å²) in [5.74, 6) is -2.27. The summed E-state index contributed by atoms with van der Waals surface area (Å²) in [6.07, 6.45) is -1.27. The first-order chi connectivity index (χ1) is 14.5. The SMILES string of the molecule is CCN(CC)S(=O)(=O)c1ccc(Cl)c(C(=O)OC(C)C(=O)Nc2ccc(F)cc2Cl)c1. The molecule has 2 rings (SSSR count). The van der Waals surface area contributed by atoms with E-state index in [9.17, 15) is 22.4 Å². The minimum atomic E-state index is -3.83. The molecule has 0 fully saturated rings. The number of anilines is 1. The van der Waals surface area contributed by atoms with Crippen LogP contribution >= 0.6 is 23.2 Å². The van der Waals surface area contributed by atoms with Crippen molar-refractivity contribution in [2.45, 2.75) is 31.8 Å². The molecular weight excluding hydrogens is 470 g/mol. The third kappa shape index (κ3) is 5.94. The number of carbonyl (C=O) groups is 2. The molecule has 0 aliphatic heterocycles. The van der Waals surface area contributed by atoms with Crippen LogP contribution in [-0.4, -0.2) is 43.8 Å². The summed E-state index contributed by atoms with van der Waals surface area (Å²) in [7, 11) is -3.83. The Bertz CT molecular complexity index is 1090. The molecular formula is C20H21Cl2FN2O5S. The van der Waals surface area contributed by atoms with E-state index < -0.39 is 33.8 Å². The summed E-state index contributed by atoms with van der Waals surface area (Å²) in [4.78, 5) is 24.8. The zero-order valence-corrected chi connectivity index (χ0v) is 19.3. The number of carbonyl (C=O) groups excluding carboxylic acids is 2. The van der Waals surface area contributed by atoms with Gasteiger partial charge in [-0.25, -0.2) is 17.6 Å². The molecule has 7 nitrogen and oxygen atoms in total. The number of benzene rings is 2. The Hall–Kier alpha value is -2.20. The largest absolute Gasteiger partial charge is 0.449 e. The van der Waals surface area contributed by atoms with E-state index in [1.807, 2.05) is 0 Å². The van der Waals surface area contributed by atoms with Crippen LogP contribution in [0, 0.1) is 5.82 Å². The van der Waals surface area contributed by atoms with Gasteiger partial charge in [0.05, 0.1) is 26.2 Å². The monoisotopic (exact) mass is 490 g/mol. The van der Waals surface area contributed by atoms with Crippen LogP contribution in [0.3, 0.4) is 0 Å². The lowest BCUT2D eigenvalue weighted by Gasteiger charge is -2.19. The first-order valence-corrected chi connectivity index (χ1v) is 11.5. The first-order valence-electron chi connectivity index (χ1n) is 9.27. The van der Waals surface area contributed by atoms with Crippen molar-refractivity contribution in [2.75, 3.05) is 18.4 Å². The van der Waals surface area contributed by atoms with Crippen LogP contribution in [0.1, 0.15) is 31.1 Å². The number of ether oxygens (including phenoxy) is 1. The Labute approximate surface area is 190 Å². The van der Waals surface area contributed by atoms with Crippen LogP contribution in [0.4, 0.5) is 10.1 Å². The van der Waals surface area contributed by atoms with Gasteiger partial charge in [0.1, 0.15) is 5.82 Å². The second kappa shape index (κ2) is 10.4. The highest BCUT2D eigenvalue weighted by Crippen LogP contribution is 2.25. The van der Waals surface area contributed by atoms with Gasteiger partial charge in [0.15, 0.2) is 6.10 Å². The molecule has 0 saturated heterocycles. The van der Waals surface area contributed by atoms with Crippen LogP contribution in [0.5, 0.6) is 0 Å². The summed E-state index contributed by atoms with van der Waals surface area (Å²) in [5.41, 5.74) is -0.0596. The number of sulfonamides is 1. The molecule has 168 valence electrons. The van der Waals surface area contributed by atoms with E-state index in [-0.39, 0.29) is 39.3 Å². The van der Waals surface area contributed by atoms with E-state index in [4.69, 9.17) is 27.9 Å². The number of hydrogen-bond acceptors (Lipinski definition) is 5. The Kier molecular flexibility index (Phi) is 8.41. The Morgan fingerprint density at radius 2 is 1.74 bits per heavy atom. The molecule has 31 heavy (non-hydrogen) atoms. The molecule has 1 N–H and O–H groups in total. The molecule has 11 heteroatoms. The highest BCUT2D eigenvalue weighted by Gasteiger charge is 2.26. The summed E-state index contributed by atoms with van der Waals surface area (Å²) < 4.78 is 44.9. The van der Waals surface area contributed by atoms with Gasteiger partial charge in [-0.15, -0.1) is 0 Å². The maximum absolute atomic E-state index is 13.1. The molecule has 1 atom stereocenters. The Balaban J connectivity index is 2.20. The van der Waals surface area contributed by atoms with Crippen molar-refractivity contribution in [1.29, 1.82) is 0 Å². The number of nitrogens with one attached hydrogen (secondary N) is 1. The molecule has 0 aromatic heterocycles. The fourth-order valence-corrected chi connectivity index (χ4v) is 4.53. The van der Waals surface area contributed by atoms with Crippen LogP contribution in [0.2, 0.25) is 10.0 Å². The zero-order valence-electron chi connectivity index (χ0n) is 17.0. The van der Waals surface area contributed by atoms with E-state index >= 15 is 0 Å². The maximum atomic E-state index is 13.1. The van der Waals surface area contributed by atoms with Gasteiger partial charge >= 0.3 is 5.97 Å². The van der Waals surface area contributed by atoms with E-state index in [1.54, 1.807) is 13.8 Å². The number of esters is 1. The predicted octanol–water partition coefficient (Wildman–Crippen LogP) is 4.35. The standard InChI is InChI=1S/C20H21Cl2FN2O5S/c1-4-25(5-2)31(28,29)14-7-8-16(21)15(11-14)20(27)30-12(3)19(26)24-18-9-6-13(23)10-17(18)22/h6-12H,4-5H2,1-3H3,(H,24,26). The quantitative estimate of drug-likeness (QED) is 0.555. The van der Waals surface area contributed by atoms with Crippen LogP contribution < -0.4 is 5.32 Å². The van der Waals surface area contributed by atoms with Gasteiger partial charge in [0.2, 0.25) is 10.0 Å². The molecule has 0 heterocycles. The van der Waals surface area contributed by atoms with Gasteiger partial charge < -0.3 is 10.1 Å². The Morgan fingerprint density at radius 3 is 2.32 bits per heavy atom. The predicted molar refractivity (Wildman–Crippen MR) is 116 cm³/mol. The minimum absolute atomic E-state index is 0.0239. The van der Waals surface area contributed by atoms with E-state index in [0.717, 1.165) is 18.2 Å². The molecule has 1 unspecified atom stereocenters. The van der Waals surface area contributed by atoms with Crippen molar-refractivity contribution in [3.63, 3.8) is 0 Å². The number of halogens is 3. The highest BCUT2D eigenvalue weighted by atomic mass is 35.5. The van der Waals surface area contributed by atoms with Crippen molar-refractivity contribution in [3.8, 4) is 0 Å². The minimum Gasteiger partial charge on any atom is -0.449 e. The van der Waals surface area contributed by atoms with E-state index in [0.29, 0.717) is 0 Å². The summed E-state index contributed by atoms with van der Waals surface area (Å²) >= 11 is 11.9. The van der Waals surface area contributed by atoms with Crippen molar-refractivity contribution in [2.24, 2.45) is 0 Å². The van der Waals surface area contributed by atoms with Gasteiger partial charge in [-0.3, -0.25) is 4.79 Å². The Morgan fingerprint density at radius 1 is 1.10 bits per heavy atom. The molecule has 2 aromatic carbocycles. The second-order valence-corrected chi connectivity index (χ2v) is 9.14. The molecule has 0 radical (unpaired) electrons. The fourth-order valence-electron chi connectivity index (χ4n) is 2.64. The van der Waals surface area contributed by atoms with Crippen molar-refractivity contribution < 1.29 is 27.1 Å². The summed E-state index contributed by atoms with van der Waals surface area (Å²) in [5, 5.41) is 2.37. The molecule has 0 saturated carbocycles. The van der Waals surface area contributed by atoms with Gasteiger partial charge in [0.25, 0.3) is 5.91 Å². The molecule has 0 bridgehead atoms. The number of rotatable bonds is 8. The van der Waals surface area contributed by atoms with Gasteiger partial charge in [-0.1, -0.05) is 37.0 Å².